The number of aliphatic hydroxyl groups is 1. The lowest BCUT2D eigenvalue weighted by atomic mass is 10.1. The van der Waals surface area contributed by atoms with Gasteiger partial charge in [-0.2, -0.15) is 5.10 Å². The number of nitrogens with zero attached hydrogens (tertiary/aromatic N) is 1. The van der Waals surface area contributed by atoms with E-state index in [1.54, 1.807) is 24.4 Å². The van der Waals surface area contributed by atoms with E-state index in [2.05, 4.69) is 36.5 Å². The minimum atomic E-state index is -3.72. The molecule has 0 saturated carbocycles. The fourth-order valence-electron chi connectivity index (χ4n) is 3.80. The summed E-state index contributed by atoms with van der Waals surface area (Å²) in [7, 11) is -3.72. The van der Waals surface area contributed by atoms with E-state index in [1.807, 2.05) is 24.3 Å². The molecule has 2 amide bonds. The van der Waals surface area contributed by atoms with E-state index >= 15 is 0 Å². The first-order chi connectivity index (χ1) is 21.1. The molecule has 0 saturated heterocycles. The highest BCUT2D eigenvalue weighted by molar-refractivity contribution is 9.10. The summed E-state index contributed by atoms with van der Waals surface area (Å²) in [6.07, 6.45) is 0. The van der Waals surface area contributed by atoms with Crippen molar-refractivity contribution >= 4 is 66.2 Å². The van der Waals surface area contributed by atoms with Crippen LogP contribution in [0.4, 0.5) is 0 Å². The molecule has 2 aromatic carbocycles. The molecule has 5 N–H and O–H groups in total. The third-order valence-electron chi connectivity index (χ3n) is 6.10. The van der Waals surface area contributed by atoms with E-state index in [0.29, 0.717) is 26.6 Å². The summed E-state index contributed by atoms with van der Waals surface area (Å²) in [4.78, 5) is 26.7. The summed E-state index contributed by atoms with van der Waals surface area (Å²) in [6.45, 7) is 2.03. The van der Waals surface area contributed by atoms with E-state index in [1.165, 1.54) is 35.6 Å². The van der Waals surface area contributed by atoms with Crippen LogP contribution in [0.3, 0.4) is 0 Å². The first-order valence-corrected chi connectivity index (χ1v) is 17.1. The quantitative estimate of drug-likeness (QED) is 0.0735. The third-order valence-corrected chi connectivity index (χ3v) is 10.2. The van der Waals surface area contributed by atoms with Crippen molar-refractivity contribution in [3.8, 4) is 16.2 Å². The van der Waals surface area contributed by atoms with Gasteiger partial charge >= 0.3 is 0 Å². The van der Waals surface area contributed by atoms with Gasteiger partial charge in [-0.3, -0.25) is 9.59 Å². The van der Waals surface area contributed by atoms with E-state index in [9.17, 15) is 23.1 Å². The second-order valence-electron chi connectivity index (χ2n) is 9.20. The van der Waals surface area contributed by atoms with Gasteiger partial charge in [0, 0.05) is 22.9 Å². The number of halogens is 1. The molecule has 44 heavy (non-hydrogen) atoms. The summed E-state index contributed by atoms with van der Waals surface area (Å²) in [5.41, 5.74) is 4.94. The molecule has 4 aromatic rings. The summed E-state index contributed by atoms with van der Waals surface area (Å²) in [5, 5.41) is 28.1. The third kappa shape index (κ3) is 8.81. The van der Waals surface area contributed by atoms with Crippen LogP contribution in [0.25, 0.3) is 10.4 Å². The van der Waals surface area contributed by atoms with Crippen LogP contribution in [0.1, 0.15) is 37.4 Å². The molecular formula is C29H29BrN4O7S3. The Morgan fingerprint density at radius 1 is 0.977 bits per heavy atom. The van der Waals surface area contributed by atoms with Crippen molar-refractivity contribution < 1.29 is 33.0 Å². The van der Waals surface area contributed by atoms with Crippen molar-refractivity contribution in [2.24, 2.45) is 5.10 Å². The molecule has 0 bridgehead atoms. The molecular weight excluding hydrogens is 692 g/mol. The number of aliphatic hydroxyl groups excluding tert-OH is 1. The van der Waals surface area contributed by atoms with Crippen LogP contribution in [0.5, 0.6) is 5.75 Å². The zero-order valence-electron chi connectivity index (χ0n) is 23.4. The normalized spacial score (nSPS) is 11.8. The predicted octanol–water partition coefficient (Wildman–Crippen LogP) is 4.32. The van der Waals surface area contributed by atoms with E-state index in [-0.39, 0.29) is 48.4 Å². The zero-order chi connectivity index (χ0) is 31.7. The SMILES string of the molecule is C/C(=N\NC(=O)c1ccc(C(=O)NCc2ccc(S(=O)(=O)NCCOCCO)cc2)s1)c1csc(-c2ccc(Br)cc2)c1O. The fraction of sp³-hybridized carbons (Fsp3) is 0.207. The van der Waals surface area contributed by atoms with Crippen molar-refractivity contribution in [1.82, 2.24) is 15.5 Å². The Balaban J connectivity index is 1.29. The molecule has 0 atom stereocenters. The zero-order valence-corrected chi connectivity index (χ0v) is 27.4. The second kappa shape index (κ2) is 15.5. The van der Waals surface area contributed by atoms with Gasteiger partial charge in [0.2, 0.25) is 10.0 Å². The Labute approximate surface area is 270 Å². The summed E-state index contributed by atoms with van der Waals surface area (Å²) < 4.78 is 33.2. The molecule has 2 aromatic heterocycles. The number of carbonyl (C=O) groups is 2. The fourth-order valence-corrected chi connectivity index (χ4v) is 6.90. The number of hydrogen-bond acceptors (Lipinski definition) is 10. The topological polar surface area (TPSA) is 166 Å². The Morgan fingerprint density at radius 3 is 2.34 bits per heavy atom. The second-order valence-corrected chi connectivity index (χ2v) is 13.8. The number of carbonyl (C=O) groups excluding carboxylic acids is 2. The molecule has 11 nitrogen and oxygen atoms in total. The Morgan fingerprint density at radius 2 is 1.66 bits per heavy atom. The van der Waals surface area contributed by atoms with Crippen LogP contribution >= 0.6 is 38.6 Å². The van der Waals surface area contributed by atoms with Crippen molar-refractivity contribution in [3.05, 3.63) is 91.4 Å². The highest BCUT2D eigenvalue weighted by Gasteiger charge is 2.17. The molecule has 0 fully saturated rings. The Bertz CT molecular complexity index is 1740. The number of amides is 2. The number of rotatable bonds is 14. The molecule has 15 heteroatoms. The van der Waals surface area contributed by atoms with E-state index in [0.717, 1.165) is 21.4 Å². The molecule has 0 aliphatic rings. The van der Waals surface area contributed by atoms with E-state index in [4.69, 9.17) is 9.84 Å². The lowest BCUT2D eigenvalue weighted by Crippen LogP contribution is -2.28. The lowest BCUT2D eigenvalue weighted by Gasteiger charge is -2.08. The highest BCUT2D eigenvalue weighted by Crippen LogP contribution is 2.39. The van der Waals surface area contributed by atoms with Crippen molar-refractivity contribution in [2.45, 2.75) is 18.4 Å². The molecule has 0 aliphatic heterocycles. The number of hydrazone groups is 1. The van der Waals surface area contributed by atoms with Gasteiger partial charge < -0.3 is 20.3 Å². The Kier molecular flexibility index (Phi) is 11.8. The highest BCUT2D eigenvalue weighted by atomic mass is 79.9. The monoisotopic (exact) mass is 720 g/mol. The molecule has 2 heterocycles. The number of hydrogen-bond donors (Lipinski definition) is 5. The van der Waals surface area contributed by atoms with Crippen LogP contribution in [0.2, 0.25) is 0 Å². The number of thiophene rings is 2. The average molecular weight is 722 g/mol. The lowest BCUT2D eigenvalue weighted by molar-refractivity contribution is 0.0950. The maximum absolute atomic E-state index is 12.7. The minimum Gasteiger partial charge on any atom is -0.506 e. The first-order valence-electron chi connectivity index (χ1n) is 13.2. The number of ether oxygens (including phenoxy) is 1. The van der Waals surface area contributed by atoms with Crippen molar-refractivity contribution in [2.75, 3.05) is 26.4 Å². The Hall–Kier alpha value is -3.44. The molecule has 0 unspecified atom stereocenters. The smallest absolute Gasteiger partial charge is 0.281 e. The van der Waals surface area contributed by atoms with Gasteiger partial charge in [-0.1, -0.05) is 40.2 Å². The molecule has 0 aliphatic carbocycles. The van der Waals surface area contributed by atoms with Gasteiger partial charge in [-0.15, -0.1) is 22.7 Å². The number of aromatic hydroxyl groups is 1. The van der Waals surface area contributed by atoms with Gasteiger partial charge in [0.25, 0.3) is 11.8 Å². The number of benzene rings is 2. The minimum absolute atomic E-state index is 0.0687. The van der Waals surface area contributed by atoms with Gasteiger partial charge in [-0.05, 0) is 54.4 Å². The van der Waals surface area contributed by atoms with Crippen LogP contribution in [0.15, 0.2) is 80.5 Å². The summed E-state index contributed by atoms with van der Waals surface area (Å²) in [6, 6.07) is 16.7. The van der Waals surface area contributed by atoms with Gasteiger partial charge in [0.15, 0.2) is 0 Å². The van der Waals surface area contributed by atoms with Gasteiger partial charge in [-0.25, -0.2) is 18.6 Å². The van der Waals surface area contributed by atoms with Crippen molar-refractivity contribution in [3.63, 3.8) is 0 Å². The largest absolute Gasteiger partial charge is 0.506 e. The molecule has 232 valence electrons. The predicted molar refractivity (Wildman–Crippen MR) is 174 cm³/mol. The number of nitrogens with one attached hydrogen (secondary N) is 3. The van der Waals surface area contributed by atoms with E-state index < -0.39 is 21.8 Å². The summed E-state index contributed by atoms with van der Waals surface area (Å²) in [5.74, 6) is -0.809. The molecule has 0 radical (unpaired) electrons. The van der Waals surface area contributed by atoms with Crippen LogP contribution < -0.4 is 15.5 Å². The van der Waals surface area contributed by atoms with Crippen LogP contribution in [0, 0.1) is 0 Å². The molecule has 4 rings (SSSR count). The van der Waals surface area contributed by atoms with Crippen LogP contribution in [-0.4, -0.2) is 62.5 Å². The van der Waals surface area contributed by atoms with Crippen LogP contribution in [-0.2, 0) is 21.3 Å². The molecule has 0 spiro atoms. The number of sulfonamides is 1. The summed E-state index contributed by atoms with van der Waals surface area (Å²) >= 11 is 5.77. The average Bonchev–Trinajstić information content (AvgIpc) is 3.67. The van der Waals surface area contributed by atoms with Gasteiger partial charge in [0.05, 0.1) is 50.6 Å². The standard InChI is InChI=1S/C29H29BrN4O7S3/c1-18(23-17-42-27(26(23)36)20-4-6-21(30)7-5-20)33-34-29(38)25-11-10-24(43-25)28(37)31-16-19-2-8-22(9-3-19)44(39,40)32-12-14-41-15-13-35/h2-11,17,32,35-36H,12-16H2,1H3,(H,31,37)(H,34,38)/b33-18+. The van der Waals surface area contributed by atoms with Gasteiger partial charge in [0.1, 0.15) is 5.75 Å². The van der Waals surface area contributed by atoms with Crippen molar-refractivity contribution in [1.29, 1.82) is 0 Å². The first kappa shape index (κ1) is 33.5. The maximum Gasteiger partial charge on any atom is 0.281 e. The maximum atomic E-state index is 12.7.